The molecule has 0 unspecified atom stereocenters. The largest absolute Gasteiger partial charge is 0.481 e. The topological polar surface area (TPSA) is 57.4 Å². The molecular formula is C14H16N2O2. The molecule has 94 valence electrons. The number of anilines is 1. The van der Waals surface area contributed by atoms with E-state index in [0.717, 1.165) is 6.42 Å². The molecule has 1 heterocycles. The van der Waals surface area contributed by atoms with Crippen LogP contribution in [0.1, 0.15) is 12.5 Å². The fourth-order valence-electron chi connectivity index (χ4n) is 1.59. The Labute approximate surface area is 106 Å². The average molecular weight is 244 g/mol. The van der Waals surface area contributed by atoms with Crippen molar-refractivity contribution in [1.29, 1.82) is 0 Å². The van der Waals surface area contributed by atoms with Crippen LogP contribution >= 0.6 is 0 Å². The number of nitrogen functional groups attached to an aromatic ring is 1. The Morgan fingerprint density at radius 2 is 1.94 bits per heavy atom. The Balaban J connectivity index is 2.22. The van der Waals surface area contributed by atoms with Crippen LogP contribution in [0.3, 0.4) is 0 Å². The number of ether oxygens (including phenoxy) is 2. The Hall–Kier alpha value is -2.23. The first-order valence-electron chi connectivity index (χ1n) is 5.80. The van der Waals surface area contributed by atoms with Gasteiger partial charge in [-0.15, -0.1) is 0 Å². The molecule has 4 nitrogen and oxygen atoms in total. The van der Waals surface area contributed by atoms with Gasteiger partial charge in [-0.05, 0) is 24.1 Å². The minimum Gasteiger partial charge on any atom is -0.481 e. The van der Waals surface area contributed by atoms with Crippen LogP contribution in [0, 0.1) is 0 Å². The fourth-order valence-corrected chi connectivity index (χ4v) is 1.59. The van der Waals surface area contributed by atoms with Crippen molar-refractivity contribution < 1.29 is 9.47 Å². The lowest BCUT2D eigenvalue weighted by Crippen LogP contribution is -1.96. The van der Waals surface area contributed by atoms with Crippen LogP contribution in [-0.4, -0.2) is 12.1 Å². The molecule has 1 aromatic carbocycles. The summed E-state index contributed by atoms with van der Waals surface area (Å²) in [6.45, 7) is 2.08. The van der Waals surface area contributed by atoms with E-state index in [2.05, 4.69) is 11.9 Å². The second-order valence-electron chi connectivity index (χ2n) is 3.85. The summed E-state index contributed by atoms with van der Waals surface area (Å²) in [5, 5.41) is 0. The first-order chi connectivity index (χ1) is 8.72. The molecule has 18 heavy (non-hydrogen) atoms. The van der Waals surface area contributed by atoms with Crippen LogP contribution < -0.4 is 15.2 Å². The van der Waals surface area contributed by atoms with E-state index in [9.17, 15) is 0 Å². The van der Waals surface area contributed by atoms with E-state index >= 15 is 0 Å². The molecule has 0 saturated carbocycles. The average Bonchev–Trinajstić information content (AvgIpc) is 2.41. The molecule has 2 aromatic rings. The summed E-state index contributed by atoms with van der Waals surface area (Å²) < 4.78 is 10.7. The van der Waals surface area contributed by atoms with Crippen molar-refractivity contribution >= 4 is 5.69 Å². The summed E-state index contributed by atoms with van der Waals surface area (Å²) >= 11 is 0. The van der Waals surface area contributed by atoms with Crippen LogP contribution in [0.4, 0.5) is 5.69 Å². The molecule has 0 spiro atoms. The zero-order valence-corrected chi connectivity index (χ0v) is 10.5. The van der Waals surface area contributed by atoms with Crippen molar-refractivity contribution in [2.75, 3.05) is 12.8 Å². The van der Waals surface area contributed by atoms with E-state index in [1.54, 1.807) is 19.2 Å². The van der Waals surface area contributed by atoms with E-state index < -0.39 is 0 Å². The number of pyridine rings is 1. The van der Waals surface area contributed by atoms with Crippen LogP contribution in [-0.2, 0) is 6.42 Å². The highest BCUT2D eigenvalue weighted by molar-refractivity contribution is 5.55. The fraction of sp³-hybridized carbons (Fsp3) is 0.214. The molecule has 0 atom stereocenters. The van der Waals surface area contributed by atoms with Crippen molar-refractivity contribution in [2.24, 2.45) is 0 Å². The van der Waals surface area contributed by atoms with Gasteiger partial charge in [-0.2, -0.15) is 4.98 Å². The lowest BCUT2D eigenvalue weighted by Gasteiger charge is -2.09. The molecule has 0 aliphatic heterocycles. The third-order valence-corrected chi connectivity index (χ3v) is 2.60. The van der Waals surface area contributed by atoms with Crippen LogP contribution in [0.2, 0.25) is 0 Å². The normalized spacial score (nSPS) is 10.1. The summed E-state index contributed by atoms with van der Waals surface area (Å²) in [5.41, 5.74) is 7.72. The Kier molecular flexibility index (Phi) is 3.67. The molecule has 0 aliphatic rings. The minimum absolute atomic E-state index is 0.463. The third kappa shape index (κ3) is 2.71. The molecule has 0 amide bonds. The number of aromatic nitrogens is 1. The molecule has 0 saturated heterocycles. The summed E-state index contributed by atoms with van der Waals surface area (Å²) in [5.74, 6) is 1.58. The van der Waals surface area contributed by atoms with Crippen LogP contribution in [0.5, 0.6) is 17.5 Å². The molecule has 2 rings (SSSR count). The monoisotopic (exact) mass is 244 g/mol. The van der Waals surface area contributed by atoms with E-state index in [-0.39, 0.29) is 0 Å². The van der Waals surface area contributed by atoms with Crippen molar-refractivity contribution in [3.8, 4) is 17.5 Å². The predicted molar refractivity (Wildman–Crippen MR) is 71.1 cm³/mol. The van der Waals surface area contributed by atoms with Gasteiger partial charge in [0.25, 0.3) is 0 Å². The van der Waals surface area contributed by atoms with E-state index in [0.29, 0.717) is 23.2 Å². The summed E-state index contributed by atoms with van der Waals surface area (Å²) in [4.78, 5) is 4.17. The Bertz CT molecular complexity index is 541. The van der Waals surface area contributed by atoms with Gasteiger partial charge in [-0.25, -0.2) is 0 Å². The molecule has 4 heteroatoms. The first kappa shape index (κ1) is 12.2. The second kappa shape index (κ2) is 5.40. The number of benzene rings is 1. The number of rotatable bonds is 4. The lowest BCUT2D eigenvalue weighted by atomic mass is 10.1. The van der Waals surface area contributed by atoms with Gasteiger partial charge in [0.15, 0.2) is 5.75 Å². The number of aryl methyl sites for hydroxylation is 1. The zero-order valence-electron chi connectivity index (χ0n) is 10.5. The highest BCUT2D eigenvalue weighted by atomic mass is 16.5. The van der Waals surface area contributed by atoms with E-state index in [1.807, 2.05) is 24.3 Å². The highest BCUT2D eigenvalue weighted by Crippen LogP contribution is 2.28. The molecule has 2 N–H and O–H groups in total. The van der Waals surface area contributed by atoms with Crippen molar-refractivity contribution in [3.63, 3.8) is 0 Å². The van der Waals surface area contributed by atoms with Gasteiger partial charge in [-0.1, -0.05) is 19.1 Å². The Morgan fingerprint density at radius 3 is 2.61 bits per heavy atom. The van der Waals surface area contributed by atoms with Gasteiger partial charge in [0.05, 0.1) is 12.8 Å². The molecule has 0 aliphatic carbocycles. The van der Waals surface area contributed by atoms with Gasteiger partial charge in [-0.3, -0.25) is 0 Å². The van der Waals surface area contributed by atoms with Gasteiger partial charge in [0, 0.05) is 12.1 Å². The van der Waals surface area contributed by atoms with E-state index in [4.69, 9.17) is 15.2 Å². The lowest BCUT2D eigenvalue weighted by molar-refractivity contribution is 0.383. The molecular weight excluding hydrogens is 228 g/mol. The van der Waals surface area contributed by atoms with Crippen LogP contribution in [0.25, 0.3) is 0 Å². The van der Waals surface area contributed by atoms with Gasteiger partial charge >= 0.3 is 0 Å². The number of nitrogens with two attached hydrogens (primary N) is 1. The van der Waals surface area contributed by atoms with E-state index in [1.165, 1.54) is 5.56 Å². The highest BCUT2D eigenvalue weighted by Gasteiger charge is 2.05. The number of hydrogen-bond donors (Lipinski definition) is 1. The maximum Gasteiger partial charge on any atom is 0.222 e. The summed E-state index contributed by atoms with van der Waals surface area (Å²) in [7, 11) is 1.57. The zero-order chi connectivity index (χ0) is 13.0. The van der Waals surface area contributed by atoms with Gasteiger partial charge < -0.3 is 15.2 Å². The smallest absolute Gasteiger partial charge is 0.222 e. The summed E-state index contributed by atoms with van der Waals surface area (Å²) in [6.07, 6.45) is 0.946. The second-order valence-corrected chi connectivity index (χ2v) is 3.85. The Morgan fingerprint density at radius 1 is 1.17 bits per heavy atom. The van der Waals surface area contributed by atoms with Crippen LogP contribution in [0.15, 0.2) is 36.4 Å². The molecule has 1 aromatic heterocycles. The molecule has 0 bridgehead atoms. The first-order valence-corrected chi connectivity index (χ1v) is 5.80. The van der Waals surface area contributed by atoms with Gasteiger partial charge in [0.1, 0.15) is 0 Å². The van der Waals surface area contributed by atoms with Crippen molar-refractivity contribution in [1.82, 2.24) is 4.98 Å². The minimum atomic E-state index is 0.463. The molecule has 0 radical (unpaired) electrons. The standard InChI is InChI=1S/C14H16N2O2/c1-3-10-7-8-12(11(15)9-10)18-14-6-4-5-13(16-14)17-2/h4-9H,3,15H2,1-2H3. The maximum atomic E-state index is 5.93. The number of nitrogens with zero attached hydrogens (tertiary/aromatic N) is 1. The van der Waals surface area contributed by atoms with Crippen molar-refractivity contribution in [3.05, 3.63) is 42.0 Å². The van der Waals surface area contributed by atoms with Crippen molar-refractivity contribution in [2.45, 2.75) is 13.3 Å². The SMILES string of the molecule is CCc1ccc(Oc2cccc(OC)n2)c(N)c1. The molecule has 0 fully saturated rings. The van der Waals surface area contributed by atoms with Gasteiger partial charge in [0.2, 0.25) is 11.8 Å². The quantitative estimate of drug-likeness (QED) is 0.840. The third-order valence-electron chi connectivity index (χ3n) is 2.60. The number of methoxy groups -OCH3 is 1. The maximum absolute atomic E-state index is 5.93. The number of hydrogen-bond acceptors (Lipinski definition) is 4. The summed E-state index contributed by atoms with van der Waals surface area (Å²) in [6, 6.07) is 11.1. The predicted octanol–water partition coefficient (Wildman–Crippen LogP) is 3.03.